The summed E-state index contributed by atoms with van der Waals surface area (Å²) in [7, 11) is 0. The van der Waals surface area contributed by atoms with Crippen LogP contribution in [0.5, 0.6) is 0 Å². The fourth-order valence-corrected chi connectivity index (χ4v) is 1.45. The van der Waals surface area contributed by atoms with Crippen molar-refractivity contribution in [1.29, 1.82) is 5.26 Å². The monoisotopic (exact) mass is 248 g/mol. The summed E-state index contributed by atoms with van der Waals surface area (Å²) in [5, 5.41) is 11.7. The molecule has 0 spiro atoms. The van der Waals surface area contributed by atoms with Crippen molar-refractivity contribution in [3.63, 3.8) is 0 Å². The molecule has 0 fully saturated rings. The molecule has 0 aliphatic carbocycles. The Hall–Kier alpha value is -2.19. The number of rotatable bonds is 2. The zero-order valence-electron chi connectivity index (χ0n) is 8.48. The van der Waals surface area contributed by atoms with Crippen molar-refractivity contribution < 1.29 is 4.39 Å². The third-order valence-corrected chi connectivity index (χ3v) is 2.12. The zero-order chi connectivity index (χ0) is 12.3. The Morgan fingerprint density at radius 3 is 2.65 bits per heavy atom. The van der Waals surface area contributed by atoms with Gasteiger partial charge in [0, 0.05) is 10.7 Å². The van der Waals surface area contributed by atoms with E-state index in [0.717, 1.165) is 0 Å². The van der Waals surface area contributed by atoms with Crippen LogP contribution in [0.3, 0.4) is 0 Å². The normalized spacial score (nSPS) is 9.71. The number of hydrogen-bond acceptors (Lipinski definition) is 4. The molecule has 0 radical (unpaired) electrons. The second-order valence-electron chi connectivity index (χ2n) is 3.18. The van der Waals surface area contributed by atoms with E-state index in [-0.39, 0.29) is 10.7 Å². The molecule has 1 aromatic heterocycles. The number of benzene rings is 1. The van der Waals surface area contributed by atoms with E-state index in [9.17, 15) is 4.39 Å². The highest BCUT2D eigenvalue weighted by Gasteiger charge is 2.01. The molecule has 0 unspecified atom stereocenters. The van der Waals surface area contributed by atoms with Crippen LogP contribution in [-0.4, -0.2) is 9.97 Å². The van der Waals surface area contributed by atoms with Gasteiger partial charge >= 0.3 is 0 Å². The minimum absolute atomic E-state index is 0.216. The van der Waals surface area contributed by atoms with Crippen molar-refractivity contribution in [2.24, 2.45) is 0 Å². The molecule has 0 amide bonds. The fourth-order valence-electron chi connectivity index (χ4n) is 1.22. The first-order valence-electron chi connectivity index (χ1n) is 4.62. The van der Waals surface area contributed by atoms with Crippen LogP contribution in [0, 0.1) is 17.1 Å². The van der Waals surface area contributed by atoms with E-state index in [1.165, 1.54) is 24.5 Å². The zero-order valence-corrected chi connectivity index (χ0v) is 9.24. The quantitative estimate of drug-likeness (QED) is 0.888. The van der Waals surface area contributed by atoms with Gasteiger partial charge in [-0.25, -0.2) is 14.4 Å². The molecule has 84 valence electrons. The van der Waals surface area contributed by atoms with Gasteiger partial charge in [-0.3, -0.25) is 0 Å². The second kappa shape index (κ2) is 4.76. The Balaban J connectivity index is 2.22. The van der Waals surface area contributed by atoms with Gasteiger partial charge in [0.25, 0.3) is 0 Å². The summed E-state index contributed by atoms with van der Waals surface area (Å²) in [6.07, 6.45) is 2.71. The first-order valence-corrected chi connectivity index (χ1v) is 5.00. The SMILES string of the molecule is N#Cc1cnc(Nc2cc(F)cc(Cl)c2)cn1. The Bertz CT molecular complexity index is 557. The third-order valence-electron chi connectivity index (χ3n) is 1.90. The number of anilines is 2. The van der Waals surface area contributed by atoms with Crippen LogP contribution in [0.15, 0.2) is 30.6 Å². The number of aromatic nitrogens is 2. The van der Waals surface area contributed by atoms with Gasteiger partial charge in [-0.15, -0.1) is 0 Å². The van der Waals surface area contributed by atoms with Crippen LogP contribution in [0.2, 0.25) is 5.02 Å². The molecule has 2 rings (SSSR count). The maximum atomic E-state index is 13.0. The van der Waals surface area contributed by atoms with Crippen molar-refractivity contribution >= 4 is 23.1 Å². The standard InChI is InChI=1S/C11H6ClFN4/c12-7-1-8(13)3-9(2-7)17-11-6-15-10(4-14)5-16-11/h1-3,5-6H,(H,16,17). The van der Waals surface area contributed by atoms with Crippen LogP contribution >= 0.6 is 11.6 Å². The van der Waals surface area contributed by atoms with Crippen LogP contribution < -0.4 is 5.32 Å². The highest BCUT2D eigenvalue weighted by Crippen LogP contribution is 2.20. The Morgan fingerprint density at radius 1 is 1.24 bits per heavy atom. The molecule has 0 bridgehead atoms. The van der Waals surface area contributed by atoms with Crippen LogP contribution in [0.4, 0.5) is 15.9 Å². The summed E-state index contributed by atoms with van der Waals surface area (Å²) in [5.74, 6) is -0.0349. The van der Waals surface area contributed by atoms with Crippen molar-refractivity contribution in [3.8, 4) is 6.07 Å². The van der Waals surface area contributed by atoms with E-state index >= 15 is 0 Å². The lowest BCUT2D eigenvalue weighted by molar-refractivity contribution is 0.628. The Kier molecular flexibility index (Phi) is 3.17. The van der Waals surface area contributed by atoms with Crippen LogP contribution in [0.1, 0.15) is 5.69 Å². The highest BCUT2D eigenvalue weighted by atomic mass is 35.5. The first-order chi connectivity index (χ1) is 8.17. The summed E-state index contributed by atoms with van der Waals surface area (Å²) >= 11 is 5.70. The third kappa shape index (κ3) is 2.89. The summed E-state index contributed by atoms with van der Waals surface area (Å²) in [5.41, 5.74) is 0.682. The van der Waals surface area contributed by atoms with Gasteiger partial charge in [0.15, 0.2) is 5.69 Å². The molecule has 1 N–H and O–H groups in total. The molecular formula is C11H6ClFN4. The number of nitriles is 1. The molecule has 2 aromatic rings. The van der Waals surface area contributed by atoms with E-state index in [1.807, 2.05) is 6.07 Å². The van der Waals surface area contributed by atoms with Crippen molar-refractivity contribution in [2.45, 2.75) is 0 Å². The average Bonchev–Trinajstić information content (AvgIpc) is 2.28. The predicted octanol–water partition coefficient (Wildman–Crippen LogP) is 2.88. The molecule has 0 aliphatic rings. The molecule has 6 heteroatoms. The fraction of sp³-hybridized carbons (Fsp3) is 0. The summed E-state index contributed by atoms with van der Waals surface area (Å²) < 4.78 is 13.0. The van der Waals surface area contributed by atoms with E-state index in [4.69, 9.17) is 16.9 Å². The molecule has 0 saturated carbocycles. The smallest absolute Gasteiger partial charge is 0.158 e. The average molecular weight is 249 g/mol. The van der Waals surface area contributed by atoms with E-state index < -0.39 is 5.82 Å². The van der Waals surface area contributed by atoms with Crippen molar-refractivity contribution in [2.75, 3.05) is 5.32 Å². The number of nitrogens with one attached hydrogen (secondary N) is 1. The number of hydrogen-bond donors (Lipinski definition) is 1. The number of nitrogens with zero attached hydrogens (tertiary/aromatic N) is 3. The van der Waals surface area contributed by atoms with Crippen LogP contribution in [-0.2, 0) is 0 Å². The van der Waals surface area contributed by atoms with Crippen molar-refractivity contribution in [1.82, 2.24) is 9.97 Å². The Labute approximate surface area is 102 Å². The van der Waals surface area contributed by atoms with E-state index in [1.54, 1.807) is 6.07 Å². The lowest BCUT2D eigenvalue weighted by atomic mass is 10.3. The molecule has 0 atom stereocenters. The van der Waals surface area contributed by atoms with Crippen molar-refractivity contribution in [3.05, 3.63) is 47.1 Å². The topological polar surface area (TPSA) is 61.6 Å². The van der Waals surface area contributed by atoms with Gasteiger partial charge in [-0.1, -0.05) is 11.6 Å². The van der Waals surface area contributed by atoms with Gasteiger partial charge < -0.3 is 5.32 Å². The molecule has 0 saturated heterocycles. The minimum atomic E-state index is -0.443. The van der Waals surface area contributed by atoms with Gasteiger partial charge in [0.1, 0.15) is 17.7 Å². The molecule has 17 heavy (non-hydrogen) atoms. The molecule has 0 aliphatic heterocycles. The molecule has 1 aromatic carbocycles. The lowest BCUT2D eigenvalue weighted by Crippen LogP contribution is -1.96. The lowest BCUT2D eigenvalue weighted by Gasteiger charge is -2.05. The van der Waals surface area contributed by atoms with Gasteiger partial charge in [0.2, 0.25) is 0 Å². The van der Waals surface area contributed by atoms with E-state index in [2.05, 4.69) is 15.3 Å². The summed E-state index contributed by atoms with van der Waals surface area (Å²) in [6, 6.07) is 5.90. The second-order valence-corrected chi connectivity index (χ2v) is 3.62. The summed E-state index contributed by atoms with van der Waals surface area (Å²) in [4.78, 5) is 7.77. The predicted molar refractivity (Wildman–Crippen MR) is 61.4 cm³/mol. The molecular weight excluding hydrogens is 243 g/mol. The largest absolute Gasteiger partial charge is 0.339 e. The first kappa shape index (κ1) is 11.3. The molecule has 1 heterocycles. The van der Waals surface area contributed by atoms with Gasteiger partial charge in [0.05, 0.1) is 12.4 Å². The van der Waals surface area contributed by atoms with Gasteiger partial charge in [-0.2, -0.15) is 5.26 Å². The summed E-state index contributed by atoms with van der Waals surface area (Å²) in [6.45, 7) is 0. The maximum Gasteiger partial charge on any atom is 0.158 e. The van der Waals surface area contributed by atoms with E-state index in [0.29, 0.717) is 11.5 Å². The van der Waals surface area contributed by atoms with Crippen LogP contribution in [0.25, 0.3) is 0 Å². The Morgan fingerprint density at radius 2 is 2.06 bits per heavy atom. The highest BCUT2D eigenvalue weighted by molar-refractivity contribution is 6.30. The number of halogens is 2. The molecule has 4 nitrogen and oxygen atoms in total. The van der Waals surface area contributed by atoms with Gasteiger partial charge in [-0.05, 0) is 18.2 Å². The maximum absolute atomic E-state index is 13.0. The minimum Gasteiger partial charge on any atom is -0.339 e.